The molecule has 0 spiro atoms. The summed E-state index contributed by atoms with van der Waals surface area (Å²) >= 11 is 0. The van der Waals surface area contributed by atoms with E-state index in [2.05, 4.69) is 28.8 Å². The molecule has 0 aliphatic carbocycles. The van der Waals surface area contributed by atoms with Gasteiger partial charge in [-0.1, -0.05) is 30.3 Å². The summed E-state index contributed by atoms with van der Waals surface area (Å²) in [6, 6.07) is 24.5. The van der Waals surface area contributed by atoms with E-state index in [0.29, 0.717) is 0 Å². The van der Waals surface area contributed by atoms with Gasteiger partial charge in [-0.2, -0.15) is 0 Å². The van der Waals surface area contributed by atoms with Crippen molar-refractivity contribution in [1.29, 1.82) is 0 Å². The van der Waals surface area contributed by atoms with E-state index in [1.54, 1.807) is 19.2 Å². The first kappa shape index (κ1) is 16.4. The second-order valence-corrected chi connectivity index (χ2v) is 6.34. The normalized spacial score (nSPS) is 11.0. The number of rotatable bonds is 4. The Bertz CT molecular complexity index is 1050. The van der Waals surface area contributed by atoms with Crippen LogP contribution in [0.15, 0.2) is 66.7 Å². The summed E-state index contributed by atoms with van der Waals surface area (Å²) in [6.07, 6.45) is 0. The molecule has 0 aliphatic rings. The molecule has 129 valence electrons. The largest absolute Gasteiger partial charge is 0.496 e. The van der Waals surface area contributed by atoms with Crippen LogP contribution in [0.1, 0.15) is 11.1 Å². The number of halogens is 1. The summed E-state index contributed by atoms with van der Waals surface area (Å²) in [7, 11) is 1.68. The van der Waals surface area contributed by atoms with Gasteiger partial charge in [-0.15, -0.1) is 0 Å². The Morgan fingerprint density at radius 1 is 0.962 bits per heavy atom. The topological polar surface area (TPSA) is 14.2 Å². The lowest BCUT2D eigenvalue weighted by molar-refractivity contribution is 0.412. The number of ether oxygens (including phenoxy) is 1. The maximum Gasteiger partial charge on any atom is 0.123 e. The molecule has 0 saturated carbocycles. The maximum absolute atomic E-state index is 13.4. The lowest BCUT2D eigenvalue weighted by atomic mass is 10.1. The fraction of sp³-hybridized carbons (Fsp3) is 0.130. The molecule has 1 heterocycles. The van der Waals surface area contributed by atoms with Gasteiger partial charge in [0, 0.05) is 29.1 Å². The molecule has 3 heteroatoms. The summed E-state index contributed by atoms with van der Waals surface area (Å²) < 4.78 is 21.1. The van der Waals surface area contributed by atoms with Gasteiger partial charge in [0.05, 0.1) is 12.8 Å². The minimum absolute atomic E-state index is 0.239. The van der Waals surface area contributed by atoms with E-state index < -0.39 is 0 Å². The highest BCUT2D eigenvalue weighted by molar-refractivity contribution is 5.90. The molecule has 2 nitrogen and oxygen atoms in total. The zero-order valence-corrected chi connectivity index (χ0v) is 14.8. The third-order valence-corrected chi connectivity index (χ3v) is 4.72. The van der Waals surface area contributed by atoms with Gasteiger partial charge in [-0.25, -0.2) is 4.39 Å². The lowest BCUT2D eigenvalue weighted by Gasteiger charge is -2.12. The smallest absolute Gasteiger partial charge is 0.123 e. The number of fused-ring (bicyclic) bond motifs is 1. The van der Waals surface area contributed by atoms with Crippen molar-refractivity contribution in [3.63, 3.8) is 0 Å². The first-order valence-electron chi connectivity index (χ1n) is 8.56. The fourth-order valence-electron chi connectivity index (χ4n) is 3.35. The number of nitrogens with zero attached hydrogens (tertiary/aromatic N) is 1. The Hall–Kier alpha value is -3.07. The van der Waals surface area contributed by atoms with Crippen LogP contribution in [0, 0.1) is 18.8 Å². The van der Waals surface area contributed by atoms with E-state index in [9.17, 15) is 4.39 Å². The van der Waals surface area contributed by atoms with Crippen molar-refractivity contribution < 1.29 is 9.13 Å². The molecule has 0 amide bonds. The third-order valence-electron chi connectivity index (χ3n) is 4.72. The van der Waals surface area contributed by atoms with Gasteiger partial charge in [0.25, 0.3) is 0 Å². The first-order chi connectivity index (χ1) is 12.7. The van der Waals surface area contributed by atoms with E-state index in [4.69, 9.17) is 4.74 Å². The molecule has 26 heavy (non-hydrogen) atoms. The number of aromatic nitrogens is 1. The fourth-order valence-corrected chi connectivity index (χ4v) is 3.35. The maximum atomic E-state index is 13.4. The zero-order valence-electron chi connectivity index (χ0n) is 14.8. The van der Waals surface area contributed by atoms with Gasteiger partial charge in [0.15, 0.2) is 0 Å². The van der Waals surface area contributed by atoms with Crippen LogP contribution in [0.25, 0.3) is 22.2 Å². The quantitative estimate of drug-likeness (QED) is 0.469. The monoisotopic (exact) mass is 344 g/mol. The van der Waals surface area contributed by atoms with Crippen molar-refractivity contribution in [1.82, 2.24) is 4.57 Å². The van der Waals surface area contributed by atoms with E-state index >= 15 is 0 Å². The molecule has 4 rings (SSSR count). The second kappa shape index (κ2) is 6.68. The minimum atomic E-state index is -0.239. The standard InChI is InChI=1S/C23H19FNO/c1-16-20-14-22(18-8-10-19(24)11-9-18)25(15-17-6-4-3-5-7-17)21(20)12-13-23(16)26-2/h3-13H,15H2,1-2H3. The molecule has 0 bridgehead atoms. The highest BCUT2D eigenvalue weighted by Crippen LogP contribution is 2.34. The molecule has 0 aliphatic heterocycles. The Morgan fingerprint density at radius 2 is 1.69 bits per heavy atom. The van der Waals surface area contributed by atoms with Gasteiger partial charge in [-0.05, 0) is 54.4 Å². The van der Waals surface area contributed by atoms with Crippen LogP contribution < -0.4 is 4.74 Å². The lowest BCUT2D eigenvalue weighted by Crippen LogP contribution is -2.02. The Morgan fingerprint density at radius 3 is 2.38 bits per heavy atom. The van der Waals surface area contributed by atoms with Crippen molar-refractivity contribution in [2.45, 2.75) is 13.5 Å². The van der Waals surface area contributed by atoms with Crippen molar-refractivity contribution in [3.05, 3.63) is 89.7 Å². The molecule has 3 aromatic carbocycles. The average Bonchev–Trinajstić information content (AvgIpc) is 3.03. The zero-order chi connectivity index (χ0) is 18.1. The second-order valence-electron chi connectivity index (χ2n) is 6.34. The summed E-state index contributed by atoms with van der Waals surface area (Å²) in [5.41, 5.74) is 5.24. The molecule has 0 N–H and O–H groups in total. The van der Waals surface area contributed by atoms with Crippen molar-refractivity contribution in [2.75, 3.05) is 7.11 Å². The third kappa shape index (κ3) is 2.86. The van der Waals surface area contributed by atoms with Gasteiger partial charge >= 0.3 is 0 Å². The van der Waals surface area contributed by atoms with Gasteiger partial charge in [0.2, 0.25) is 0 Å². The number of hydrogen-bond acceptors (Lipinski definition) is 1. The molecule has 1 radical (unpaired) electrons. The molecule has 4 aromatic rings. The van der Waals surface area contributed by atoms with E-state index in [1.807, 2.05) is 31.2 Å². The molecule has 1 aromatic heterocycles. The SMILES string of the molecule is COc1ccc2c([c]c(-c3ccc(F)cc3)n2Cc2ccccc2)c1C. The van der Waals surface area contributed by atoms with Crippen LogP contribution in [0.4, 0.5) is 4.39 Å². The molecule has 0 unspecified atom stereocenters. The number of benzene rings is 3. The number of aryl methyl sites for hydroxylation is 1. The molecular formula is C23H19FNO. The van der Waals surface area contributed by atoms with Gasteiger partial charge in [0.1, 0.15) is 11.6 Å². The minimum Gasteiger partial charge on any atom is -0.496 e. The van der Waals surface area contributed by atoms with Crippen LogP contribution >= 0.6 is 0 Å². The summed E-state index contributed by atoms with van der Waals surface area (Å²) in [5.74, 6) is 0.605. The van der Waals surface area contributed by atoms with E-state index in [1.165, 1.54) is 17.7 Å². The van der Waals surface area contributed by atoms with Crippen LogP contribution in [-0.4, -0.2) is 11.7 Å². The number of hydrogen-bond donors (Lipinski definition) is 0. The summed E-state index contributed by atoms with van der Waals surface area (Å²) in [5, 5.41) is 1.03. The molecule has 0 saturated heterocycles. The van der Waals surface area contributed by atoms with E-state index in [-0.39, 0.29) is 5.82 Å². The van der Waals surface area contributed by atoms with Gasteiger partial charge in [-0.3, -0.25) is 0 Å². The first-order valence-corrected chi connectivity index (χ1v) is 8.56. The van der Waals surface area contributed by atoms with Crippen molar-refractivity contribution in [2.24, 2.45) is 0 Å². The summed E-state index contributed by atoms with van der Waals surface area (Å²) in [6.45, 7) is 2.76. The summed E-state index contributed by atoms with van der Waals surface area (Å²) in [4.78, 5) is 0. The Balaban J connectivity index is 1.94. The van der Waals surface area contributed by atoms with Crippen LogP contribution in [0.3, 0.4) is 0 Å². The van der Waals surface area contributed by atoms with E-state index in [0.717, 1.165) is 40.0 Å². The van der Waals surface area contributed by atoms with Crippen molar-refractivity contribution >= 4 is 10.9 Å². The Labute approximate surface area is 152 Å². The predicted octanol–water partition coefficient (Wildman–Crippen LogP) is 5.61. The number of methoxy groups -OCH3 is 1. The predicted molar refractivity (Wildman–Crippen MR) is 103 cm³/mol. The average molecular weight is 344 g/mol. The van der Waals surface area contributed by atoms with Crippen molar-refractivity contribution in [3.8, 4) is 17.0 Å². The molecule has 0 fully saturated rings. The van der Waals surface area contributed by atoms with Crippen LogP contribution in [0.5, 0.6) is 5.75 Å². The van der Waals surface area contributed by atoms with Crippen LogP contribution in [0.2, 0.25) is 0 Å². The highest BCUT2D eigenvalue weighted by atomic mass is 19.1. The Kier molecular flexibility index (Phi) is 4.21. The van der Waals surface area contributed by atoms with Crippen LogP contribution in [-0.2, 0) is 6.54 Å². The highest BCUT2D eigenvalue weighted by Gasteiger charge is 2.15. The molecule has 0 atom stereocenters. The van der Waals surface area contributed by atoms with Gasteiger partial charge < -0.3 is 9.30 Å². The molecular weight excluding hydrogens is 325 g/mol.